The summed E-state index contributed by atoms with van der Waals surface area (Å²) in [6.45, 7) is 7.47. The van der Waals surface area contributed by atoms with Gasteiger partial charge < -0.3 is 29.9 Å². The van der Waals surface area contributed by atoms with Crippen molar-refractivity contribution in [1.29, 1.82) is 0 Å². The van der Waals surface area contributed by atoms with E-state index in [1.807, 2.05) is 32.2 Å². The summed E-state index contributed by atoms with van der Waals surface area (Å²) in [4.78, 5) is 31.9. The number of aliphatic hydroxyl groups is 1. The van der Waals surface area contributed by atoms with Crippen LogP contribution in [0.4, 0.5) is 16.2 Å². The van der Waals surface area contributed by atoms with Gasteiger partial charge >= 0.3 is 6.03 Å². The smallest absolute Gasteiger partial charge is 0.321 e. The normalized spacial score (nSPS) is 21.9. The van der Waals surface area contributed by atoms with Crippen LogP contribution in [0, 0.1) is 5.92 Å². The fourth-order valence-corrected chi connectivity index (χ4v) is 5.17. The predicted octanol–water partition coefficient (Wildman–Crippen LogP) is 2.96. The summed E-state index contributed by atoms with van der Waals surface area (Å²) in [6.07, 6.45) is 6.18. The second-order valence-electron chi connectivity index (χ2n) is 10.9. The molecule has 1 saturated heterocycles. The zero-order chi connectivity index (χ0) is 27.8. The van der Waals surface area contributed by atoms with E-state index in [-0.39, 0.29) is 43.2 Å². The number of aromatic nitrogens is 3. The molecule has 11 heteroatoms. The molecule has 3 heterocycles. The van der Waals surface area contributed by atoms with Gasteiger partial charge in [0.25, 0.3) is 0 Å². The lowest BCUT2D eigenvalue weighted by Crippen LogP contribution is -2.48. The molecule has 1 aromatic heterocycles. The molecule has 214 valence electrons. The van der Waals surface area contributed by atoms with Crippen molar-refractivity contribution in [3.63, 3.8) is 0 Å². The number of hydrogen-bond acceptors (Lipinski definition) is 7. The lowest BCUT2D eigenvalue weighted by Gasteiger charge is -2.35. The summed E-state index contributed by atoms with van der Waals surface area (Å²) in [7, 11) is 1.74. The predicted molar refractivity (Wildman–Crippen MR) is 149 cm³/mol. The third-order valence-corrected chi connectivity index (χ3v) is 7.69. The molecule has 2 bridgehead atoms. The molecule has 39 heavy (non-hydrogen) atoms. The highest BCUT2D eigenvalue weighted by atomic mass is 16.5. The Labute approximate surface area is 231 Å². The topological polar surface area (TPSA) is 116 Å². The Morgan fingerprint density at radius 1 is 1.18 bits per heavy atom. The highest BCUT2D eigenvalue weighted by Gasteiger charge is 2.29. The Hall–Kier alpha value is -3.18. The zero-order valence-electron chi connectivity index (χ0n) is 23.5. The molecule has 0 radical (unpaired) electrons. The average Bonchev–Trinajstić information content (AvgIpc) is 3.41. The first-order chi connectivity index (χ1) is 18.8. The van der Waals surface area contributed by atoms with Crippen molar-refractivity contribution in [2.45, 2.75) is 71.2 Å². The number of anilines is 2. The van der Waals surface area contributed by atoms with E-state index >= 15 is 0 Å². The number of benzene rings is 1. The van der Waals surface area contributed by atoms with E-state index in [0.29, 0.717) is 38.2 Å². The molecular weight excluding hydrogens is 498 g/mol. The molecule has 0 aliphatic carbocycles. The monoisotopic (exact) mass is 541 g/mol. The van der Waals surface area contributed by atoms with Gasteiger partial charge in [0.2, 0.25) is 5.91 Å². The van der Waals surface area contributed by atoms with Crippen LogP contribution in [0.1, 0.15) is 51.6 Å². The van der Waals surface area contributed by atoms with Crippen molar-refractivity contribution < 1.29 is 19.4 Å². The van der Waals surface area contributed by atoms with Gasteiger partial charge in [-0.25, -0.2) is 4.79 Å². The van der Waals surface area contributed by atoms with Gasteiger partial charge in [-0.1, -0.05) is 12.1 Å². The van der Waals surface area contributed by atoms with E-state index < -0.39 is 0 Å². The number of ether oxygens (including phenoxy) is 1. The number of hydrogen-bond donors (Lipinski definition) is 2. The van der Waals surface area contributed by atoms with Gasteiger partial charge in [0.15, 0.2) is 0 Å². The lowest BCUT2D eigenvalue weighted by molar-refractivity contribution is -0.136. The molecule has 3 atom stereocenters. The van der Waals surface area contributed by atoms with Crippen molar-refractivity contribution >= 4 is 23.3 Å². The van der Waals surface area contributed by atoms with Crippen molar-refractivity contribution in [2.75, 3.05) is 50.1 Å². The quantitative estimate of drug-likeness (QED) is 0.578. The van der Waals surface area contributed by atoms with Crippen LogP contribution < -0.4 is 10.2 Å². The number of piperidine rings is 1. The van der Waals surface area contributed by atoms with E-state index in [1.165, 1.54) is 24.9 Å². The summed E-state index contributed by atoms with van der Waals surface area (Å²) in [5.74, 6) is -0.112. The number of carbonyl (C=O) groups is 2. The van der Waals surface area contributed by atoms with Crippen LogP contribution in [-0.4, -0.2) is 93.8 Å². The molecule has 4 rings (SSSR count). The number of fused-ring (bicyclic) bond motifs is 2. The van der Waals surface area contributed by atoms with Crippen LogP contribution in [0.3, 0.4) is 0 Å². The zero-order valence-corrected chi connectivity index (χ0v) is 23.5. The molecule has 2 aliphatic heterocycles. The van der Waals surface area contributed by atoms with Gasteiger partial charge in [0, 0.05) is 63.5 Å². The van der Waals surface area contributed by atoms with E-state index in [9.17, 15) is 14.7 Å². The lowest BCUT2D eigenvalue weighted by atomic mass is 10.0. The molecule has 1 aromatic carbocycles. The van der Waals surface area contributed by atoms with E-state index in [4.69, 9.17) is 4.74 Å². The van der Waals surface area contributed by atoms with Crippen LogP contribution >= 0.6 is 0 Å². The molecular formula is C28H43N7O4. The first kappa shape index (κ1) is 28.8. The summed E-state index contributed by atoms with van der Waals surface area (Å²) < 4.78 is 7.99. The molecule has 3 amide bonds. The average molecular weight is 542 g/mol. The number of aryl methyl sites for hydroxylation is 1. The molecule has 2 aliphatic rings. The number of amides is 3. The second kappa shape index (κ2) is 13.7. The number of carbonyl (C=O) groups excluding carboxylic acids is 2. The number of aliphatic hydroxyl groups excluding tert-OH is 1. The standard InChI is InChI=1S/C28H43N7O4/c1-21-16-35(22(2)19-36)27(37)8-7-15-34-17-24(30-31-34)20-39-26(21)18-32(3)28(38)29-23-9-11-25(12-10-23)33-13-5-4-6-14-33/h9-12,17,21-22,26,36H,4-8,13-16,18-20H2,1-3H3,(H,29,38)/t21-,22+,26-/m1/s1. The molecule has 2 aromatic rings. The van der Waals surface area contributed by atoms with Gasteiger partial charge in [0.1, 0.15) is 5.69 Å². The first-order valence-electron chi connectivity index (χ1n) is 14.1. The number of nitrogens with zero attached hydrogens (tertiary/aromatic N) is 6. The van der Waals surface area contributed by atoms with Crippen molar-refractivity contribution in [3.05, 3.63) is 36.2 Å². The Morgan fingerprint density at radius 2 is 1.92 bits per heavy atom. The maximum atomic E-state index is 13.1. The summed E-state index contributed by atoms with van der Waals surface area (Å²) in [5.41, 5.74) is 2.63. The Bertz CT molecular complexity index is 1070. The van der Waals surface area contributed by atoms with Crippen molar-refractivity contribution in [1.82, 2.24) is 24.8 Å². The Kier molecular flexibility index (Phi) is 10.2. The summed E-state index contributed by atoms with van der Waals surface area (Å²) in [6, 6.07) is 7.46. The SMILES string of the molecule is C[C@@H]1CN([C@@H](C)CO)C(=O)CCCn2cc(nn2)CO[C@@H]1CN(C)C(=O)Nc1ccc(N2CCCCC2)cc1. The minimum atomic E-state index is -0.366. The molecule has 0 saturated carbocycles. The van der Waals surface area contributed by atoms with Gasteiger partial charge in [-0.05, 0) is 56.9 Å². The van der Waals surface area contributed by atoms with Gasteiger partial charge in [-0.2, -0.15) is 0 Å². The van der Waals surface area contributed by atoms with E-state index in [1.54, 1.807) is 21.5 Å². The van der Waals surface area contributed by atoms with Gasteiger partial charge in [-0.15, -0.1) is 5.10 Å². The van der Waals surface area contributed by atoms with Gasteiger partial charge in [0.05, 0.1) is 31.6 Å². The molecule has 11 nitrogen and oxygen atoms in total. The fraction of sp³-hybridized carbons (Fsp3) is 0.643. The molecule has 0 unspecified atom stereocenters. The summed E-state index contributed by atoms with van der Waals surface area (Å²) >= 11 is 0. The third kappa shape index (κ3) is 7.92. The minimum Gasteiger partial charge on any atom is -0.394 e. The second-order valence-corrected chi connectivity index (χ2v) is 10.9. The van der Waals surface area contributed by atoms with Crippen molar-refractivity contribution in [2.24, 2.45) is 5.92 Å². The third-order valence-electron chi connectivity index (χ3n) is 7.69. The largest absolute Gasteiger partial charge is 0.394 e. The first-order valence-corrected chi connectivity index (χ1v) is 14.1. The number of urea groups is 1. The van der Waals surface area contributed by atoms with Crippen molar-refractivity contribution in [3.8, 4) is 0 Å². The van der Waals surface area contributed by atoms with Crippen LogP contribution in [0.2, 0.25) is 0 Å². The van der Waals surface area contributed by atoms with Gasteiger partial charge in [-0.3, -0.25) is 9.48 Å². The molecule has 2 N–H and O–H groups in total. The minimum absolute atomic E-state index is 0.0131. The molecule has 1 fully saturated rings. The number of rotatable bonds is 6. The Balaban J connectivity index is 1.42. The Morgan fingerprint density at radius 3 is 2.64 bits per heavy atom. The van der Waals surface area contributed by atoms with Crippen LogP contribution in [0.25, 0.3) is 0 Å². The number of likely N-dealkylation sites (N-methyl/N-ethyl adjacent to an activating group) is 1. The summed E-state index contributed by atoms with van der Waals surface area (Å²) in [5, 5.41) is 21.1. The van der Waals surface area contributed by atoms with E-state index in [2.05, 4.69) is 32.7 Å². The molecule has 0 spiro atoms. The van der Waals surface area contributed by atoms with E-state index in [0.717, 1.165) is 18.8 Å². The highest BCUT2D eigenvalue weighted by Crippen LogP contribution is 2.22. The van der Waals surface area contributed by atoms with Crippen LogP contribution in [0.5, 0.6) is 0 Å². The highest BCUT2D eigenvalue weighted by molar-refractivity contribution is 5.89. The van der Waals surface area contributed by atoms with Crippen LogP contribution in [-0.2, 0) is 22.7 Å². The number of nitrogens with one attached hydrogen (secondary N) is 1. The van der Waals surface area contributed by atoms with Crippen LogP contribution in [0.15, 0.2) is 30.5 Å². The fourth-order valence-electron chi connectivity index (χ4n) is 5.17. The maximum Gasteiger partial charge on any atom is 0.321 e. The maximum absolute atomic E-state index is 13.1.